The van der Waals surface area contributed by atoms with Crippen molar-refractivity contribution in [2.45, 2.75) is 38.9 Å². The maximum atomic E-state index is 11.9. The molecule has 1 rings (SSSR count). The molecule has 0 fully saturated rings. The van der Waals surface area contributed by atoms with Gasteiger partial charge in [-0.2, -0.15) is 18.3 Å². The lowest BCUT2D eigenvalue weighted by atomic mass is 9.89. The molecule has 0 unspecified atom stereocenters. The Kier molecular flexibility index (Phi) is 5.59. The van der Waals surface area contributed by atoms with Gasteiger partial charge in [-0.05, 0) is 0 Å². The third-order valence-corrected chi connectivity index (χ3v) is 2.62. The highest BCUT2D eigenvalue weighted by Gasteiger charge is 2.27. The highest BCUT2D eigenvalue weighted by molar-refractivity contribution is 5.23. The molecule has 0 saturated carbocycles. The molecule has 116 valence electrons. The minimum absolute atomic E-state index is 0.0324. The highest BCUT2D eigenvalue weighted by atomic mass is 19.4. The van der Waals surface area contributed by atoms with E-state index in [9.17, 15) is 13.2 Å². The predicted octanol–water partition coefficient (Wildman–Crippen LogP) is 2.39. The molecule has 0 spiro atoms. The van der Waals surface area contributed by atoms with Gasteiger partial charge in [-0.15, -0.1) is 0 Å². The van der Waals surface area contributed by atoms with Crippen LogP contribution in [-0.4, -0.2) is 35.7 Å². The first-order chi connectivity index (χ1) is 9.09. The van der Waals surface area contributed by atoms with E-state index in [1.54, 1.807) is 4.68 Å². The fourth-order valence-electron chi connectivity index (χ4n) is 1.85. The standard InChI is InChI=1S/C13H22F3N3O/c1-12(2,3)11-10(8-19(4)18-11)7-17-5-6-20-9-13(14,15)16/h8,17H,5-7,9H2,1-4H3. The van der Waals surface area contributed by atoms with Crippen LogP contribution in [0.5, 0.6) is 0 Å². The molecule has 0 radical (unpaired) electrons. The Labute approximate surface area is 117 Å². The number of ether oxygens (including phenoxy) is 1. The number of hydrogen-bond acceptors (Lipinski definition) is 3. The van der Waals surface area contributed by atoms with Gasteiger partial charge in [0.05, 0.1) is 12.3 Å². The van der Waals surface area contributed by atoms with Gasteiger partial charge in [0.1, 0.15) is 6.61 Å². The molecule has 0 aliphatic heterocycles. The first-order valence-electron chi connectivity index (χ1n) is 6.48. The normalized spacial score (nSPS) is 12.9. The van der Waals surface area contributed by atoms with Gasteiger partial charge in [-0.25, -0.2) is 0 Å². The van der Waals surface area contributed by atoms with E-state index in [0.29, 0.717) is 13.1 Å². The highest BCUT2D eigenvalue weighted by Crippen LogP contribution is 2.23. The van der Waals surface area contributed by atoms with Gasteiger partial charge in [0.25, 0.3) is 0 Å². The third-order valence-electron chi connectivity index (χ3n) is 2.62. The summed E-state index contributed by atoms with van der Waals surface area (Å²) in [5, 5.41) is 7.49. The number of hydrogen-bond donors (Lipinski definition) is 1. The van der Waals surface area contributed by atoms with Gasteiger partial charge < -0.3 is 10.1 Å². The van der Waals surface area contributed by atoms with E-state index in [2.05, 4.69) is 35.9 Å². The summed E-state index contributed by atoms with van der Waals surface area (Å²) in [6, 6.07) is 0. The minimum atomic E-state index is -4.26. The molecular weight excluding hydrogens is 271 g/mol. The largest absolute Gasteiger partial charge is 0.411 e. The summed E-state index contributed by atoms with van der Waals surface area (Å²) in [4.78, 5) is 0. The molecule has 0 saturated heterocycles. The van der Waals surface area contributed by atoms with Gasteiger partial charge in [0.15, 0.2) is 0 Å². The second-order valence-corrected chi connectivity index (χ2v) is 5.77. The van der Waals surface area contributed by atoms with E-state index in [1.807, 2.05) is 13.2 Å². The van der Waals surface area contributed by atoms with Gasteiger partial charge in [0, 0.05) is 37.3 Å². The van der Waals surface area contributed by atoms with E-state index in [-0.39, 0.29) is 12.0 Å². The molecule has 1 N–H and O–H groups in total. The Hall–Kier alpha value is -1.08. The maximum Gasteiger partial charge on any atom is 0.411 e. The van der Waals surface area contributed by atoms with Crippen LogP contribution in [0.15, 0.2) is 6.20 Å². The molecule has 0 aromatic carbocycles. The fourth-order valence-corrected chi connectivity index (χ4v) is 1.85. The lowest BCUT2D eigenvalue weighted by Crippen LogP contribution is -2.24. The molecular formula is C13H22F3N3O. The van der Waals surface area contributed by atoms with Crippen LogP contribution in [0.25, 0.3) is 0 Å². The van der Waals surface area contributed by atoms with E-state index in [1.165, 1.54) is 0 Å². The van der Waals surface area contributed by atoms with Crippen LogP contribution in [0, 0.1) is 0 Å². The van der Waals surface area contributed by atoms with Crippen LogP contribution in [0.3, 0.4) is 0 Å². The number of alkyl halides is 3. The lowest BCUT2D eigenvalue weighted by Gasteiger charge is -2.17. The van der Waals surface area contributed by atoms with Crippen molar-refractivity contribution < 1.29 is 17.9 Å². The Morgan fingerprint density at radius 1 is 1.30 bits per heavy atom. The first-order valence-corrected chi connectivity index (χ1v) is 6.48. The van der Waals surface area contributed by atoms with Crippen LogP contribution in [0.1, 0.15) is 32.0 Å². The van der Waals surface area contributed by atoms with Crippen molar-refractivity contribution >= 4 is 0 Å². The van der Waals surface area contributed by atoms with Gasteiger partial charge in [-0.1, -0.05) is 20.8 Å². The van der Waals surface area contributed by atoms with Gasteiger partial charge in [-0.3, -0.25) is 4.68 Å². The topological polar surface area (TPSA) is 39.1 Å². The lowest BCUT2D eigenvalue weighted by molar-refractivity contribution is -0.173. The monoisotopic (exact) mass is 293 g/mol. The summed E-state index contributed by atoms with van der Waals surface area (Å²) in [6.45, 7) is 5.99. The molecule has 1 aromatic heterocycles. The first kappa shape index (κ1) is 17.0. The molecule has 0 aliphatic rings. The molecule has 20 heavy (non-hydrogen) atoms. The smallest absolute Gasteiger partial charge is 0.371 e. The van der Waals surface area contributed by atoms with Crippen LogP contribution >= 0.6 is 0 Å². The number of nitrogens with one attached hydrogen (secondary N) is 1. The number of aryl methyl sites for hydroxylation is 1. The minimum Gasteiger partial charge on any atom is -0.371 e. The molecule has 0 amide bonds. The van der Waals surface area contributed by atoms with Crippen molar-refractivity contribution in [2.75, 3.05) is 19.8 Å². The molecule has 0 atom stereocenters. The summed E-state index contributed by atoms with van der Waals surface area (Å²) in [5.74, 6) is 0. The van der Waals surface area contributed by atoms with Crippen LogP contribution < -0.4 is 5.32 Å². The Morgan fingerprint density at radius 2 is 1.95 bits per heavy atom. The second-order valence-electron chi connectivity index (χ2n) is 5.77. The molecule has 1 heterocycles. The average Bonchev–Trinajstić information content (AvgIpc) is 2.63. The SMILES string of the molecule is Cn1cc(CNCCOCC(F)(F)F)c(C(C)(C)C)n1. The number of halogens is 3. The van der Waals surface area contributed by atoms with Crippen molar-refractivity contribution in [3.8, 4) is 0 Å². The molecule has 4 nitrogen and oxygen atoms in total. The van der Waals surface area contributed by atoms with Gasteiger partial charge >= 0.3 is 6.18 Å². The Morgan fingerprint density at radius 3 is 2.50 bits per heavy atom. The maximum absolute atomic E-state index is 11.9. The molecule has 0 aliphatic carbocycles. The Balaban J connectivity index is 2.36. The van der Waals surface area contributed by atoms with Crippen molar-refractivity contribution in [1.29, 1.82) is 0 Å². The fraction of sp³-hybridized carbons (Fsp3) is 0.769. The zero-order chi connectivity index (χ0) is 15.4. The van der Waals surface area contributed by atoms with E-state index in [4.69, 9.17) is 0 Å². The molecule has 7 heteroatoms. The van der Waals surface area contributed by atoms with Crippen molar-refractivity contribution in [3.05, 3.63) is 17.5 Å². The quantitative estimate of drug-likeness (QED) is 0.819. The van der Waals surface area contributed by atoms with Crippen molar-refractivity contribution in [1.82, 2.24) is 15.1 Å². The van der Waals surface area contributed by atoms with E-state index in [0.717, 1.165) is 11.3 Å². The summed E-state index contributed by atoms with van der Waals surface area (Å²) in [7, 11) is 1.85. The number of aromatic nitrogens is 2. The van der Waals surface area contributed by atoms with Crippen LogP contribution in [-0.2, 0) is 23.7 Å². The predicted molar refractivity (Wildman–Crippen MR) is 70.5 cm³/mol. The van der Waals surface area contributed by atoms with Crippen LogP contribution in [0.4, 0.5) is 13.2 Å². The number of rotatable bonds is 6. The van der Waals surface area contributed by atoms with E-state index < -0.39 is 12.8 Å². The Bertz CT molecular complexity index is 421. The summed E-state index contributed by atoms with van der Waals surface area (Å²) < 4.78 is 41.9. The number of nitrogens with zero attached hydrogens (tertiary/aromatic N) is 2. The third kappa shape index (κ3) is 5.92. The summed E-state index contributed by atoms with van der Waals surface area (Å²) in [6.07, 6.45) is -2.34. The molecule has 0 bridgehead atoms. The zero-order valence-electron chi connectivity index (χ0n) is 12.3. The van der Waals surface area contributed by atoms with Crippen molar-refractivity contribution in [2.24, 2.45) is 7.05 Å². The average molecular weight is 293 g/mol. The molecule has 1 aromatic rings. The van der Waals surface area contributed by atoms with E-state index >= 15 is 0 Å². The summed E-state index contributed by atoms with van der Waals surface area (Å²) >= 11 is 0. The van der Waals surface area contributed by atoms with Crippen molar-refractivity contribution in [3.63, 3.8) is 0 Å². The van der Waals surface area contributed by atoms with Crippen LogP contribution in [0.2, 0.25) is 0 Å². The second kappa shape index (κ2) is 6.58. The zero-order valence-corrected chi connectivity index (χ0v) is 12.3. The van der Waals surface area contributed by atoms with Gasteiger partial charge in [0.2, 0.25) is 0 Å². The summed E-state index contributed by atoms with van der Waals surface area (Å²) in [5.41, 5.74) is 1.98.